The van der Waals surface area contributed by atoms with E-state index < -0.39 is 0 Å². The zero-order valence-electron chi connectivity index (χ0n) is 17.7. The van der Waals surface area contributed by atoms with Crippen molar-refractivity contribution in [2.75, 3.05) is 0 Å². The molecule has 29 heavy (non-hydrogen) atoms. The Kier molecular flexibility index (Phi) is 8.24. The molecule has 0 saturated carbocycles. The maximum atomic E-state index is 5.79. The Hall–Kier alpha value is -2.68. The molecule has 1 heterocycles. The summed E-state index contributed by atoms with van der Waals surface area (Å²) >= 11 is 0. The first-order chi connectivity index (χ1) is 14.3. The van der Waals surface area contributed by atoms with E-state index in [2.05, 4.69) is 72.3 Å². The summed E-state index contributed by atoms with van der Waals surface area (Å²) < 4.78 is 5.79. The number of unbranched alkanes of at least 4 members (excludes halogenated alkanes) is 3. The standard InChI is InChI=1S/C26H32N2O/c1-3-5-6-7-9-22-14-16-24(17-15-22)25-18-28-26(19-27-25)29-20-23-12-10-21(8-4-2)11-13-23/h10-19H,3-9,20H2,1-2H3. The van der Waals surface area contributed by atoms with Gasteiger partial charge in [0.2, 0.25) is 5.88 Å². The number of aryl methyl sites for hydroxylation is 2. The minimum absolute atomic E-state index is 0.507. The van der Waals surface area contributed by atoms with E-state index in [9.17, 15) is 0 Å². The third kappa shape index (κ3) is 6.70. The number of hydrogen-bond donors (Lipinski definition) is 0. The summed E-state index contributed by atoms with van der Waals surface area (Å²) in [5.41, 5.74) is 5.87. The van der Waals surface area contributed by atoms with Crippen LogP contribution in [0.1, 0.15) is 62.6 Å². The highest BCUT2D eigenvalue weighted by Crippen LogP contribution is 2.19. The van der Waals surface area contributed by atoms with Gasteiger partial charge in [-0.05, 0) is 36.0 Å². The number of nitrogens with zero attached hydrogens (tertiary/aromatic N) is 2. The maximum absolute atomic E-state index is 5.79. The van der Waals surface area contributed by atoms with Crippen molar-refractivity contribution >= 4 is 0 Å². The molecule has 3 heteroatoms. The van der Waals surface area contributed by atoms with E-state index in [0.717, 1.165) is 29.7 Å². The van der Waals surface area contributed by atoms with Gasteiger partial charge in [-0.25, -0.2) is 9.97 Å². The predicted octanol–water partition coefficient (Wildman–Crippen LogP) is 6.80. The lowest BCUT2D eigenvalue weighted by atomic mass is 10.0. The number of benzene rings is 2. The minimum atomic E-state index is 0.507. The number of hydrogen-bond acceptors (Lipinski definition) is 3. The van der Waals surface area contributed by atoms with Crippen LogP contribution in [0.3, 0.4) is 0 Å². The first-order valence-corrected chi connectivity index (χ1v) is 10.9. The van der Waals surface area contributed by atoms with E-state index in [0.29, 0.717) is 12.5 Å². The van der Waals surface area contributed by atoms with Gasteiger partial charge in [0, 0.05) is 5.56 Å². The van der Waals surface area contributed by atoms with Gasteiger partial charge in [-0.3, -0.25) is 0 Å². The smallest absolute Gasteiger partial charge is 0.232 e. The minimum Gasteiger partial charge on any atom is -0.472 e. The molecule has 0 amide bonds. The van der Waals surface area contributed by atoms with Gasteiger partial charge >= 0.3 is 0 Å². The molecule has 0 saturated heterocycles. The monoisotopic (exact) mass is 388 g/mol. The zero-order chi connectivity index (χ0) is 20.3. The van der Waals surface area contributed by atoms with Gasteiger partial charge in [-0.2, -0.15) is 0 Å². The van der Waals surface area contributed by atoms with Crippen molar-refractivity contribution in [2.45, 2.75) is 65.4 Å². The number of aromatic nitrogens is 2. The van der Waals surface area contributed by atoms with Crippen LogP contribution < -0.4 is 4.74 Å². The molecule has 152 valence electrons. The largest absolute Gasteiger partial charge is 0.472 e. The Labute approximate surface area is 175 Å². The van der Waals surface area contributed by atoms with Crippen molar-refractivity contribution in [2.24, 2.45) is 0 Å². The van der Waals surface area contributed by atoms with Gasteiger partial charge in [0.05, 0.1) is 18.1 Å². The molecule has 1 aromatic heterocycles. The number of ether oxygens (including phenoxy) is 1. The predicted molar refractivity (Wildman–Crippen MR) is 120 cm³/mol. The summed E-state index contributed by atoms with van der Waals surface area (Å²) in [5.74, 6) is 0.555. The van der Waals surface area contributed by atoms with E-state index >= 15 is 0 Å². The topological polar surface area (TPSA) is 35.0 Å². The van der Waals surface area contributed by atoms with Crippen LogP contribution in [-0.4, -0.2) is 9.97 Å². The van der Waals surface area contributed by atoms with Crippen LogP contribution in [0.15, 0.2) is 60.9 Å². The third-order valence-electron chi connectivity index (χ3n) is 5.15. The second-order valence-corrected chi connectivity index (χ2v) is 7.60. The molecule has 0 aliphatic carbocycles. The van der Waals surface area contributed by atoms with Gasteiger partial charge in [-0.15, -0.1) is 0 Å². The fourth-order valence-electron chi connectivity index (χ4n) is 3.39. The van der Waals surface area contributed by atoms with E-state index in [-0.39, 0.29) is 0 Å². The molecule has 2 aromatic carbocycles. The van der Waals surface area contributed by atoms with Crippen LogP contribution in [0.25, 0.3) is 11.3 Å². The average Bonchev–Trinajstić information content (AvgIpc) is 2.77. The van der Waals surface area contributed by atoms with Gasteiger partial charge < -0.3 is 4.74 Å². The molecular weight excluding hydrogens is 356 g/mol. The Morgan fingerprint density at radius 1 is 0.655 bits per heavy atom. The van der Waals surface area contributed by atoms with Crippen molar-refractivity contribution in [1.82, 2.24) is 9.97 Å². The average molecular weight is 389 g/mol. The normalized spacial score (nSPS) is 10.8. The van der Waals surface area contributed by atoms with E-state index in [4.69, 9.17) is 4.74 Å². The Balaban J connectivity index is 1.51. The zero-order valence-corrected chi connectivity index (χ0v) is 17.7. The molecule has 0 radical (unpaired) electrons. The first-order valence-electron chi connectivity index (χ1n) is 10.9. The SMILES string of the molecule is CCCCCCc1ccc(-c2cnc(OCc3ccc(CCC)cc3)cn2)cc1. The number of rotatable bonds is 11. The van der Waals surface area contributed by atoms with Gasteiger partial charge in [0.15, 0.2) is 0 Å². The quantitative estimate of drug-likeness (QED) is 0.339. The molecule has 0 atom stereocenters. The molecule has 3 aromatic rings. The van der Waals surface area contributed by atoms with Crippen molar-refractivity contribution in [3.8, 4) is 17.1 Å². The summed E-state index contributed by atoms with van der Waals surface area (Å²) in [6.45, 7) is 4.95. The van der Waals surface area contributed by atoms with Crippen LogP contribution in [-0.2, 0) is 19.4 Å². The molecule has 0 fully saturated rings. The van der Waals surface area contributed by atoms with Gasteiger partial charge in [-0.1, -0.05) is 88.1 Å². The van der Waals surface area contributed by atoms with Crippen LogP contribution >= 0.6 is 0 Å². The summed E-state index contributed by atoms with van der Waals surface area (Å²) in [6, 6.07) is 17.3. The molecule has 0 unspecified atom stereocenters. The summed E-state index contributed by atoms with van der Waals surface area (Å²) in [7, 11) is 0. The highest BCUT2D eigenvalue weighted by atomic mass is 16.5. The van der Waals surface area contributed by atoms with Crippen LogP contribution in [0.4, 0.5) is 0 Å². The van der Waals surface area contributed by atoms with E-state index in [1.165, 1.54) is 43.2 Å². The highest BCUT2D eigenvalue weighted by molar-refractivity contribution is 5.58. The summed E-state index contributed by atoms with van der Waals surface area (Å²) in [6.07, 6.45) is 12.1. The lowest BCUT2D eigenvalue weighted by Crippen LogP contribution is -1.98. The lowest BCUT2D eigenvalue weighted by molar-refractivity contribution is 0.292. The van der Waals surface area contributed by atoms with Crippen molar-refractivity contribution < 1.29 is 4.74 Å². The van der Waals surface area contributed by atoms with Crippen molar-refractivity contribution in [1.29, 1.82) is 0 Å². The third-order valence-corrected chi connectivity index (χ3v) is 5.15. The maximum Gasteiger partial charge on any atom is 0.232 e. The van der Waals surface area contributed by atoms with Crippen LogP contribution in [0, 0.1) is 0 Å². The molecule has 0 spiro atoms. The molecule has 3 nitrogen and oxygen atoms in total. The highest BCUT2D eigenvalue weighted by Gasteiger charge is 2.03. The molecular formula is C26H32N2O. The Morgan fingerprint density at radius 2 is 1.34 bits per heavy atom. The van der Waals surface area contributed by atoms with Gasteiger partial charge in [0.1, 0.15) is 6.61 Å². The first kappa shape index (κ1) is 21.0. The van der Waals surface area contributed by atoms with Crippen molar-refractivity contribution in [3.05, 3.63) is 77.6 Å². The van der Waals surface area contributed by atoms with Crippen molar-refractivity contribution in [3.63, 3.8) is 0 Å². The Bertz CT molecular complexity index is 839. The molecule has 3 rings (SSSR count). The van der Waals surface area contributed by atoms with Crippen LogP contribution in [0.5, 0.6) is 5.88 Å². The summed E-state index contributed by atoms with van der Waals surface area (Å²) in [5, 5.41) is 0. The molecule has 0 N–H and O–H groups in total. The lowest BCUT2D eigenvalue weighted by Gasteiger charge is -2.07. The fourth-order valence-corrected chi connectivity index (χ4v) is 3.39. The second kappa shape index (κ2) is 11.4. The molecule has 0 bridgehead atoms. The van der Waals surface area contributed by atoms with E-state index in [1.807, 2.05) is 0 Å². The fraction of sp³-hybridized carbons (Fsp3) is 0.385. The Morgan fingerprint density at radius 3 is 2.00 bits per heavy atom. The van der Waals surface area contributed by atoms with E-state index in [1.54, 1.807) is 12.4 Å². The van der Waals surface area contributed by atoms with Crippen LogP contribution in [0.2, 0.25) is 0 Å². The second-order valence-electron chi connectivity index (χ2n) is 7.60. The molecule has 0 aliphatic rings. The summed E-state index contributed by atoms with van der Waals surface area (Å²) in [4.78, 5) is 8.95. The molecule has 0 aliphatic heterocycles. The van der Waals surface area contributed by atoms with Gasteiger partial charge in [0.25, 0.3) is 0 Å².